The molecular weight excluding hydrogens is 270 g/mol. The van der Waals surface area contributed by atoms with Gasteiger partial charge in [0, 0.05) is 6.54 Å². The number of carbonyl (C=O) groups is 1. The van der Waals surface area contributed by atoms with Crippen molar-refractivity contribution in [2.45, 2.75) is 13.3 Å². The van der Waals surface area contributed by atoms with Crippen LogP contribution in [-0.4, -0.2) is 27.8 Å². The third-order valence-electron chi connectivity index (χ3n) is 3.14. The Balaban J connectivity index is 1.95. The molecule has 0 aliphatic heterocycles. The standard InChI is InChI=1S/C16H17NO4/c1-10-2-4-13(18)12(8-10)16(21)17-7-6-11-3-5-14(19)15(20)9-11/h2-5,8-9,18-20H,6-7H2,1H3,(H,17,21). The highest BCUT2D eigenvalue weighted by Crippen LogP contribution is 2.25. The van der Waals surface area contributed by atoms with Gasteiger partial charge in [0.25, 0.3) is 5.91 Å². The summed E-state index contributed by atoms with van der Waals surface area (Å²) in [7, 11) is 0. The summed E-state index contributed by atoms with van der Waals surface area (Å²) in [4.78, 5) is 12.0. The van der Waals surface area contributed by atoms with Gasteiger partial charge >= 0.3 is 0 Å². The predicted molar refractivity (Wildman–Crippen MR) is 78.7 cm³/mol. The van der Waals surface area contributed by atoms with Gasteiger partial charge in [0.15, 0.2) is 11.5 Å². The molecule has 0 aromatic heterocycles. The number of nitrogens with one attached hydrogen (secondary N) is 1. The Morgan fingerprint density at radius 3 is 2.43 bits per heavy atom. The molecule has 1 amide bonds. The molecule has 21 heavy (non-hydrogen) atoms. The van der Waals surface area contributed by atoms with Crippen molar-refractivity contribution in [1.82, 2.24) is 5.32 Å². The van der Waals surface area contributed by atoms with E-state index in [4.69, 9.17) is 0 Å². The molecule has 4 N–H and O–H groups in total. The second-order valence-corrected chi connectivity index (χ2v) is 4.85. The van der Waals surface area contributed by atoms with E-state index in [-0.39, 0.29) is 28.7 Å². The number of hydrogen-bond donors (Lipinski definition) is 4. The Hall–Kier alpha value is -2.69. The molecule has 0 radical (unpaired) electrons. The topological polar surface area (TPSA) is 89.8 Å². The lowest BCUT2D eigenvalue weighted by atomic mass is 10.1. The molecule has 2 aromatic rings. The van der Waals surface area contributed by atoms with Gasteiger partial charge < -0.3 is 20.6 Å². The van der Waals surface area contributed by atoms with Crippen LogP contribution < -0.4 is 5.32 Å². The summed E-state index contributed by atoms with van der Waals surface area (Å²) in [5.74, 6) is -0.762. The van der Waals surface area contributed by atoms with Crippen LogP contribution in [0.1, 0.15) is 21.5 Å². The van der Waals surface area contributed by atoms with Crippen molar-refractivity contribution in [3.05, 3.63) is 53.1 Å². The third-order valence-corrected chi connectivity index (χ3v) is 3.14. The highest BCUT2D eigenvalue weighted by Gasteiger charge is 2.10. The molecule has 0 bridgehead atoms. The van der Waals surface area contributed by atoms with Crippen LogP contribution in [-0.2, 0) is 6.42 Å². The van der Waals surface area contributed by atoms with Gasteiger partial charge in [0.1, 0.15) is 5.75 Å². The largest absolute Gasteiger partial charge is 0.507 e. The van der Waals surface area contributed by atoms with Crippen molar-refractivity contribution in [2.75, 3.05) is 6.54 Å². The highest BCUT2D eigenvalue weighted by molar-refractivity contribution is 5.96. The summed E-state index contributed by atoms with van der Waals surface area (Å²) < 4.78 is 0. The monoisotopic (exact) mass is 287 g/mol. The number of amides is 1. The first-order chi connectivity index (χ1) is 9.97. The molecule has 5 heteroatoms. The summed E-state index contributed by atoms with van der Waals surface area (Å²) in [6, 6.07) is 9.36. The summed E-state index contributed by atoms with van der Waals surface area (Å²) >= 11 is 0. The number of aryl methyl sites for hydroxylation is 1. The SMILES string of the molecule is Cc1ccc(O)c(C(=O)NCCc2ccc(O)c(O)c2)c1. The van der Waals surface area contributed by atoms with E-state index in [1.165, 1.54) is 18.2 Å². The first-order valence-electron chi connectivity index (χ1n) is 6.56. The molecule has 2 aromatic carbocycles. The summed E-state index contributed by atoms with van der Waals surface area (Å²) in [5, 5.41) is 31.0. The van der Waals surface area contributed by atoms with Gasteiger partial charge in [-0.15, -0.1) is 0 Å². The predicted octanol–water partition coefficient (Wildman–Crippen LogP) is 2.08. The Morgan fingerprint density at radius 2 is 1.71 bits per heavy atom. The molecule has 0 atom stereocenters. The maximum atomic E-state index is 12.0. The lowest BCUT2D eigenvalue weighted by Gasteiger charge is -2.08. The number of aromatic hydroxyl groups is 3. The zero-order chi connectivity index (χ0) is 15.4. The number of phenols is 3. The Kier molecular flexibility index (Phi) is 4.33. The van der Waals surface area contributed by atoms with Gasteiger partial charge in [-0.25, -0.2) is 0 Å². The smallest absolute Gasteiger partial charge is 0.255 e. The van der Waals surface area contributed by atoms with Gasteiger partial charge in [-0.3, -0.25) is 4.79 Å². The van der Waals surface area contributed by atoms with Crippen LogP contribution in [0.4, 0.5) is 0 Å². The normalized spacial score (nSPS) is 10.3. The molecule has 110 valence electrons. The second-order valence-electron chi connectivity index (χ2n) is 4.85. The number of hydrogen-bond acceptors (Lipinski definition) is 4. The fourth-order valence-electron chi connectivity index (χ4n) is 1.97. The van der Waals surface area contributed by atoms with Crippen molar-refractivity contribution in [3.8, 4) is 17.2 Å². The molecule has 0 saturated carbocycles. The van der Waals surface area contributed by atoms with Crippen molar-refractivity contribution >= 4 is 5.91 Å². The van der Waals surface area contributed by atoms with Crippen LogP contribution in [0.25, 0.3) is 0 Å². The van der Waals surface area contributed by atoms with Gasteiger partial charge in [0.2, 0.25) is 0 Å². The molecule has 0 aliphatic rings. The van der Waals surface area contributed by atoms with Crippen LogP contribution in [0.2, 0.25) is 0 Å². The van der Waals surface area contributed by atoms with E-state index in [2.05, 4.69) is 5.32 Å². The van der Waals surface area contributed by atoms with Crippen LogP contribution in [0.15, 0.2) is 36.4 Å². The van der Waals surface area contributed by atoms with E-state index in [0.29, 0.717) is 13.0 Å². The molecule has 2 rings (SSSR count). The van der Waals surface area contributed by atoms with Crippen molar-refractivity contribution in [1.29, 1.82) is 0 Å². The van der Waals surface area contributed by atoms with E-state index in [0.717, 1.165) is 11.1 Å². The fraction of sp³-hybridized carbons (Fsp3) is 0.188. The molecule has 0 saturated heterocycles. The summed E-state index contributed by atoms with van der Waals surface area (Å²) in [5.41, 5.74) is 1.92. The van der Waals surface area contributed by atoms with E-state index >= 15 is 0 Å². The minimum absolute atomic E-state index is 0.0552. The molecular formula is C16H17NO4. The van der Waals surface area contributed by atoms with Crippen molar-refractivity contribution in [3.63, 3.8) is 0 Å². The minimum Gasteiger partial charge on any atom is -0.507 e. The first kappa shape index (κ1) is 14.7. The Morgan fingerprint density at radius 1 is 1.00 bits per heavy atom. The first-order valence-corrected chi connectivity index (χ1v) is 6.56. The number of phenolic OH excluding ortho intramolecular Hbond substituents is 3. The van der Waals surface area contributed by atoms with Crippen LogP contribution in [0.5, 0.6) is 17.2 Å². The molecule has 0 spiro atoms. The summed E-state index contributed by atoms with van der Waals surface area (Å²) in [6.45, 7) is 2.20. The average Bonchev–Trinajstić information content (AvgIpc) is 2.45. The molecule has 0 heterocycles. The maximum absolute atomic E-state index is 12.0. The summed E-state index contributed by atoms with van der Waals surface area (Å²) in [6.07, 6.45) is 0.506. The zero-order valence-electron chi connectivity index (χ0n) is 11.6. The van der Waals surface area contributed by atoms with Gasteiger partial charge in [-0.1, -0.05) is 17.7 Å². The zero-order valence-corrected chi connectivity index (χ0v) is 11.6. The Labute approximate surface area is 122 Å². The fourth-order valence-corrected chi connectivity index (χ4v) is 1.97. The molecule has 0 fully saturated rings. The van der Waals surface area contributed by atoms with Crippen LogP contribution in [0, 0.1) is 6.92 Å². The van der Waals surface area contributed by atoms with Crippen LogP contribution >= 0.6 is 0 Å². The van der Waals surface area contributed by atoms with Gasteiger partial charge in [-0.2, -0.15) is 0 Å². The van der Waals surface area contributed by atoms with Crippen molar-refractivity contribution < 1.29 is 20.1 Å². The van der Waals surface area contributed by atoms with Crippen molar-refractivity contribution in [2.24, 2.45) is 0 Å². The lowest BCUT2D eigenvalue weighted by molar-refractivity contribution is 0.0951. The quantitative estimate of drug-likeness (QED) is 0.648. The van der Waals surface area contributed by atoms with E-state index in [1.807, 2.05) is 6.92 Å². The third kappa shape index (κ3) is 3.66. The Bertz CT molecular complexity index is 667. The number of benzene rings is 2. The second kappa shape index (κ2) is 6.17. The molecule has 5 nitrogen and oxygen atoms in total. The maximum Gasteiger partial charge on any atom is 0.255 e. The highest BCUT2D eigenvalue weighted by atomic mass is 16.3. The van der Waals surface area contributed by atoms with Gasteiger partial charge in [-0.05, 0) is 43.2 Å². The number of rotatable bonds is 4. The van der Waals surface area contributed by atoms with E-state index < -0.39 is 0 Å². The minimum atomic E-state index is -0.348. The van der Waals surface area contributed by atoms with Crippen LogP contribution in [0.3, 0.4) is 0 Å². The molecule has 0 unspecified atom stereocenters. The van der Waals surface area contributed by atoms with E-state index in [9.17, 15) is 20.1 Å². The van der Waals surface area contributed by atoms with E-state index in [1.54, 1.807) is 18.2 Å². The van der Waals surface area contributed by atoms with Gasteiger partial charge in [0.05, 0.1) is 5.56 Å². The number of carbonyl (C=O) groups excluding carboxylic acids is 1. The molecule has 0 aliphatic carbocycles. The lowest BCUT2D eigenvalue weighted by Crippen LogP contribution is -2.25. The average molecular weight is 287 g/mol.